The summed E-state index contributed by atoms with van der Waals surface area (Å²) >= 11 is 0. The molecule has 0 saturated heterocycles. The molecule has 6 heteroatoms. The minimum atomic E-state index is -3.47. The van der Waals surface area contributed by atoms with Gasteiger partial charge >= 0.3 is 0 Å². The highest BCUT2D eigenvalue weighted by molar-refractivity contribution is 7.90. The molecular formula is C10H11NO4S. The van der Waals surface area contributed by atoms with Crippen LogP contribution in [0.25, 0.3) is 0 Å². The zero-order valence-corrected chi connectivity index (χ0v) is 9.96. The van der Waals surface area contributed by atoms with Crippen molar-refractivity contribution in [1.29, 1.82) is 5.26 Å². The number of rotatable bonds is 3. The van der Waals surface area contributed by atoms with Gasteiger partial charge in [-0.15, -0.1) is 0 Å². The second-order valence-corrected chi connectivity index (χ2v) is 5.07. The summed E-state index contributed by atoms with van der Waals surface area (Å²) in [5, 5.41) is 8.88. The van der Waals surface area contributed by atoms with Crippen LogP contribution >= 0.6 is 0 Å². The molecule has 0 unspecified atom stereocenters. The molecule has 86 valence electrons. The monoisotopic (exact) mass is 241 g/mol. The van der Waals surface area contributed by atoms with Crippen molar-refractivity contribution in [1.82, 2.24) is 0 Å². The van der Waals surface area contributed by atoms with E-state index in [1.54, 1.807) is 0 Å². The normalized spacial score (nSPS) is 10.6. The Labute approximate surface area is 94.1 Å². The first-order chi connectivity index (χ1) is 7.43. The molecule has 0 radical (unpaired) electrons. The van der Waals surface area contributed by atoms with Crippen LogP contribution in [0, 0.1) is 11.3 Å². The molecule has 0 heterocycles. The fraction of sp³-hybridized carbons (Fsp3) is 0.300. The first kappa shape index (κ1) is 12.3. The molecule has 0 amide bonds. The summed E-state index contributed by atoms with van der Waals surface area (Å²) in [5.74, 6) is 0.351. The van der Waals surface area contributed by atoms with Crippen LogP contribution in [-0.2, 0) is 9.84 Å². The maximum Gasteiger partial charge on any atom is 0.179 e. The first-order valence-electron chi connectivity index (χ1n) is 4.30. The predicted molar refractivity (Wildman–Crippen MR) is 57.4 cm³/mol. The highest BCUT2D eigenvalue weighted by Gasteiger charge is 2.19. The summed E-state index contributed by atoms with van der Waals surface area (Å²) < 4.78 is 32.9. The Bertz CT molecular complexity index is 543. The van der Waals surface area contributed by atoms with Crippen molar-refractivity contribution >= 4 is 9.84 Å². The molecule has 0 aliphatic heterocycles. The zero-order valence-electron chi connectivity index (χ0n) is 9.14. The topological polar surface area (TPSA) is 76.4 Å². The van der Waals surface area contributed by atoms with Gasteiger partial charge in [-0.3, -0.25) is 0 Å². The van der Waals surface area contributed by atoms with E-state index in [2.05, 4.69) is 0 Å². The van der Waals surface area contributed by atoms with Gasteiger partial charge in [-0.2, -0.15) is 5.26 Å². The maximum atomic E-state index is 11.5. The molecule has 0 fully saturated rings. The average Bonchev–Trinajstić information content (AvgIpc) is 2.25. The lowest BCUT2D eigenvalue weighted by Crippen LogP contribution is -2.03. The summed E-state index contributed by atoms with van der Waals surface area (Å²) in [6.45, 7) is 0. The number of hydrogen-bond acceptors (Lipinski definition) is 5. The highest BCUT2D eigenvalue weighted by Crippen LogP contribution is 2.32. The Morgan fingerprint density at radius 2 is 1.88 bits per heavy atom. The minimum absolute atomic E-state index is 0.0470. The summed E-state index contributed by atoms with van der Waals surface area (Å²) in [5.41, 5.74) is 0.127. The van der Waals surface area contributed by atoms with Crippen LogP contribution in [0.1, 0.15) is 5.56 Å². The molecule has 0 N–H and O–H groups in total. The number of nitrogens with zero attached hydrogens (tertiary/aromatic N) is 1. The van der Waals surface area contributed by atoms with Crippen LogP contribution in [-0.4, -0.2) is 28.9 Å². The van der Waals surface area contributed by atoms with Crippen LogP contribution < -0.4 is 9.47 Å². The van der Waals surface area contributed by atoms with E-state index in [1.807, 2.05) is 6.07 Å². The number of methoxy groups -OCH3 is 2. The molecular weight excluding hydrogens is 230 g/mol. The third kappa shape index (κ3) is 2.25. The van der Waals surface area contributed by atoms with Gasteiger partial charge in [-0.25, -0.2) is 8.42 Å². The lowest BCUT2D eigenvalue weighted by molar-refractivity contribution is 0.391. The van der Waals surface area contributed by atoms with Crippen molar-refractivity contribution in [3.8, 4) is 17.6 Å². The van der Waals surface area contributed by atoms with E-state index in [-0.39, 0.29) is 16.2 Å². The first-order valence-corrected chi connectivity index (χ1v) is 6.19. The van der Waals surface area contributed by atoms with Gasteiger partial charge in [0.25, 0.3) is 0 Å². The number of nitriles is 1. The molecule has 0 aromatic heterocycles. The van der Waals surface area contributed by atoms with Crippen LogP contribution in [0.3, 0.4) is 0 Å². The average molecular weight is 241 g/mol. The van der Waals surface area contributed by atoms with Crippen LogP contribution in [0.5, 0.6) is 11.5 Å². The van der Waals surface area contributed by atoms with Crippen molar-refractivity contribution in [2.24, 2.45) is 0 Å². The third-order valence-electron chi connectivity index (χ3n) is 1.99. The van der Waals surface area contributed by atoms with Crippen molar-refractivity contribution in [2.75, 3.05) is 20.5 Å². The molecule has 1 aromatic rings. The smallest absolute Gasteiger partial charge is 0.179 e. The molecule has 0 aliphatic rings. The largest absolute Gasteiger partial charge is 0.497 e. The lowest BCUT2D eigenvalue weighted by Gasteiger charge is -2.10. The Kier molecular flexibility index (Phi) is 3.40. The van der Waals surface area contributed by atoms with E-state index in [1.165, 1.54) is 26.4 Å². The van der Waals surface area contributed by atoms with Gasteiger partial charge in [0.2, 0.25) is 0 Å². The Morgan fingerprint density at radius 3 is 2.25 bits per heavy atom. The van der Waals surface area contributed by atoms with Crippen LogP contribution in [0.4, 0.5) is 0 Å². The lowest BCUT2D eigenvalue weighted by atomic mass is 10.2. The predicted octanol–water partition coefficient (Wildman–Crippen LogP) is 0.979. The third-order valence-corrected chi connectivity index (χ3v) is 3.09. The van der Waals surface area contributed by atoms with Gasteiger partial charge in [0, 0.05) is 18.4 Å². The van der Waals surface area contributed by atoms with Gasteiger partial charge in [-0.1, -0.05) is 0 Å². The summed E-state index contributed by atoms with van der Waals surface area (Å²) in [6, 6.07) is 4.62. The van der Waals surface area contributed by atoms with Gasteiger partial charge in [0.1, 0.15) is 16.7 Å². The van der Waals surface area contributed by atoms with E-state index in [4.69, 9.17) is 14.7 Å². The Hall–Kier alpha value is -1.74. The molecule has 5 nitrogen and oxygen atoms in total. The Balaban J connectivity index is 3.65. The second-order valence-electron chi connectivity index (χ2n) is 3.09. The van der Waals surface area contributed by atoms with Gasteiger partial charge in [0.15, 0.2) is 15.6 Å². The van der Waals surface area contributed by atoms with Gasteiger partial charge in [0.05, 0.1) is 19.8 Å². The minimum Gasteiger partial charge on any atom is -0.497 e. The van der Waals surface area contributed by atoms with E-state index in [9.17, 15) is 8.42 Å². The van der Waals surface area contributed by atoms with E-state index < -0.39 is 9.84 Å². The standard InChI is InChI=1S/C10H11NO4S/c1-14-8-4-7(6-11)10(15-2)9(5-8)16(3,12)13/h4-5H,1-3H3. The fourth-order valence-electron chi connectivity index (χ4n) is 1.26. The molecule has 0 saturated carbocycles. The second kappa shape index (κ2) is 4.41. The van der Waals surface area contributed by atoms with E-state index in [0.29, 0.717) is 5.75 Å². The Morgan fingerprint density at radius 1 is 1.25 bits per heavy atom. The van der Waals surface area contributed by atoms with Crippen molar-refractivity contribution < 1.29 is 17.9 Å². The quantitative estimate of drug-likeness (QED) is 0.788. The number of hydrogen-bond donors (Lipinski definition) is 0. The zero-order chi connectivity index (χ0) is 12.3. The van der Waals surface area contributed by atoms with Crippen molar-refractivity contribution in [3.05, 3.63) is 17.7 Å². The summed E-state index contributed by atoms with van der Waals surface area (Å²) in [4.78, 5) is -0.0501. The molecule has 1 aromatic carbocycles. The number of sulfone groups is 1. The fourth-order valence-corrected chi connectivity index (χ4v) is 2.12. The van der Waals surface area contributed by atoms with E-state index in [0.717, 1.165) is 6.26 Å². The van der Waals surface area contributed by atoms with Crippen LogP contribution in [0.15, 0.2) is 17.0 Å². The van der Waals surface area contributed by atoms with Crippen molar-refractivity contribution in [3.63, 3.8) is 0 Å². The van der Waals surface area contributed by atoms with Crippen LogP contribution in [0.2, 0.25) is 0 Å². The molecule has 0 atom stereocenters. The molecule has 0 spiro atoms. The number of benzene rings is 1. The number of ether oxygens (including phenoxy) is 2. The SMILES string of the molecule is COc1cc(C#N)c(OC)c(S(C)(=O)=O)c1. The van der Waals surface area contributed by atoms with Crippen molar-refractivity contribution in [2.45, 2.75) is 4.90 Å². The maximum absolute atomic E-state index is 11.5. The molecule has 0 bridgehead atoms. The molecule has 0 aliphatic carbocycles. The molecule has 16 heavy (non-hydrogen) atoms. The summed E-state index contributed by atoms with van der Waals surface area (Å²) in [6.07, 6.45) is 1.05. The van der Waals surface area contributed by atoms with E-state index >= 15 is 0 Å². The van der Waals surface area contributed by atoms with Gasteiger partial charge < -0.3 is 9.47 Å². The summed E-state index contributed by atoms with van der Waals surface area (Å²) in [7, 11) is -0.752. The highest BCUT2D eigenvalue weighted by atomic mass is 32.2. The van der Waals surface area contributed by atoms with Gasteiger partial charge in [-0.05, 0) is 0 Å². The molecule has 1 rings (SSSR count).